The molecule has 4 nitrogen and oxygen atoms in total. The third kappa shape index (κ3) is 5.60. The summed E-state index contributed by atoms with van der Waals surface area (Å²) in [6.07, 6.45) is 2.15. The Balaban J connectivity index is 3.64. The summed E-state index contributed by atoms with van der Waals surface area (Å²) in [5, 5.41) is 11.4. The van der Waals surface area contributed by atoms with E-state index in [1.54, 1.807) is 0 Å². The van der Waals surface area contributed by atoms with Crippen molar-refractivity contribution in [3.8, 4) is 0 Å². The van der Waals surface area contributed by atoms with Crippen molar-refractivity contribution in [2.45, 2.75) is 45.2 Å². The van der Waals surface area contributed by atoms with E-state index in [0.717, 1.165) is 6.42 Å². The number of nitrogens with one attached hydrogen (secondary N) is 1. The van der Waals surface area contributed by atoms with E-state index in [4.69, 9.17) is 10.8 Å². The van der Waals surface area contributed by atoms with Crippen LogP contribution < -0.4 is 11.1 Å². The molecule has 1 unspecified atom stereocenters. The summed E-state index contributed by atoms with van der Waals surface area (Å²) in [7, 11) is 0. The lowest BCUT2D eigenvalue weighted by molar-refractivity contribution is -0.123. The highest BCUT2D eigenvalue weighted by atomic mass is 16.2. The molecule has 0 saturated heterocycles. The van der Waals surface area contributed by atoms with E-state index in [2.05, 4.69) is 5.32 Å². The van der Waals surface area contributed by atoms with Crippen molar-refractivity contribution in [3.05, 3.63) is 0 Å². The number of carbonyl (C=O) groups excluding carboxylic acids is 1. The number of nitrogens with two attached hydrogens (primary N) is 1. The molecule has 0 aromatic heterocycles. The lowest BCUT2D eigenvalue weighted by Gasteiger charge is -2.15. The van der Waals surface area contributed by atoms with Crippen molar-refractivity contribution in [3.63, 3.8) is 0 Å². The van der Waals surface area contributed by atoms with E-state index in [1.165, 1.54) is 0 Å². The molecule has 13 heavy (non-hydrogen) atoms. The predicted octanol–water partition coefficient (Wildman–Crippen LogP) is 0.000900. The van der Waals surface area contributed by atoms with Crippen molar-refractivity contribution in [1.29, 1.82) is 0 Å². The fraction of sp³-hybridized carbons (Fsp3) is 0.889. The third-order valence-corrected chi connectivity index (χ3v) is 1.96. The lowest BCUT2D eigenvalue weighted by atomic mass is 10.1. The zero-order chi connectivity index (χ0) is 10.3. The second-order valence-electron chi connectivity index (χ2n) is 3.29. The van der Waals surface area contributed by atoms with Crippen molar-refractivity contribution in [1.82, 2.24) is 5.32 Å². The Morgan fingerprint density at radius 1 is 1.62 bits per heavy atom. The molecule has 2 atom stereocenters. The second-order valence-corrected chi connectivity index (χ2v) is 3.29. The number of aliphatic hydroxyl groups is 1. The van der Waals surface area contributed by atoms with Gasteiger partial charge in [0.2, 0.25) is 5.91 Å². The molecule has 0 aliphatic rings. The summed E-state index contributed by atoms with van der Waals surface area (Å²) in [6, 6.07) is -0.311. The van der Waals surface area contributed by atoms with Crippen LogP contribution >= 0.6 is 0 Å². The van der Waals surface area contributed by atoms with Gasteiger partial charge in [0.15, 0.2) is 0 Å². The number of rotatable bonds is 6. The van der Waals surface area contributed by atoms with Crippen LogP contribution in [0.3, 0.4) is 0 Å². The minimum Gasteiger partial charge on any atom is -0.396 e. The van der Waals surface area contributed by atoms with E-state index in [0.29, 0.717) is 12.8 Å². The maximum absolute atomic E-state index is 11.2. The van der Waals surface area contributed by atoms with E-state index in [-0.39, 0.29) is 18.6 Å². The highest BCUT2D eigenvalue weighted by Crippen LogP contribution is 1.96. The normalized spacial score (nSPS) is 15.1. The van der Waals surface area contributed by atoms with Crippen molar-refractivity contribution < 1.29 is 9.90 Å². The number of hydrogen-bond donors (Lipinski definition) is 3. The summed E-state index contributed by atoms with van der Waals surface area (Å²) in [6.45, 7) is 3.96. The molecule has 0 aromatic rings. The second kappa shape index (κ2) is 6.86. The maximum Gasteiger partial charge on any atom is 0.237 e. The Hall–Kier alpha value is -0.610. The van der Waals surface area contributed by atoms with Gasteiger partial charge in [-0.25, -0.2) is 0 Å². The molecule has 0 fully saturated rings. The zero-order valence-corrected chi connectivity index (χ0v) is 8.42. The Bertz CT molecular complexity index is 151. The van der Waals surface area contributed by atoms with Crippen LogP contribution in [-0.4, -0.2) is 29.7 Å². The van der Waals surface area contributed by atoms with Gasteiger partial charge in [0, 0.05) is 12.6 Å². The predicted molar refractivity (Wildman–Crippen MR) is 52.2 cm³/mol. The van der Waals surface area contributed by atoms with Gasteiger partial charge in [0.05, 0.1) is 6.04 Å². The summed E-state index contributed by atoms with van der Waals surface area (Å²) in [4.78, 5) is 11.2. The fourth-order valence-electron chi connectivity index (χ4n) is 1.00. The van der Waals surface area contributed by atoms with Gasteiger partial charge < -0.3 is 16.2 Å². The summed E-state index contributed by atoms with van der Waals surface area (Å²) < 4.78 is 0. The minimum absolute atomic E-state index is 0.0947. The van der Waals surface area contributed by atoms with Gasteiger partial charge in [0.1, 0.15) is 0 Å². The van der Waals surface area contributed by atoms with Gasteiger partial charge in [-0.05, 0) is 26.2 Å². The topological polar surface area (TPSA) is 75.4 Å². The third-order valence-electron chi connectivity index (χ3n) is 1.96. The standard InChI is InChI=1S/C9H20N2O2/c1-3-8(10)9(13)11-7(2)5-4-6-12/h7-8,12H,3-6,10H2,1-2H3,(H,11,13)/t7?,8-/m1/s1. The SMILES string of the molecule is CC[C@@H](N)C(=O)NC(C)CCCO. The highest BCUT2D eigenvalue weighted by Gasteiger charge is 2.12. The lowest BCUT2D eigenvalue weighted by Crippen LogP contribution is -2.44. The molecule has 4 N–H and O–H groups in total. The van der Waals surface area contributed by atoms with Gasteiger partial charge in [-0.3, -0.25) is 4.79 Å². The van der Waals surface area contributed by atoms with Crippen LogP contribution in [0.2, 0.25) is 0 Å². The molecule has 0 bridgehead atoms. The van der Waals surface area contributed by atoms with Crippen LogP contribution in [0.4, 0.5) is 0 Å². The molecule has 0 aliphatic carbocycles. The maximum atomic E-state index is 11.2. The Morgan fingerprint density at radius 3 is 2.69 bits per heavy atom. The summed E-state index contributed by atoms with van der Waals surface area (Å²) in [5.41, 5.74) is 5.53. The van der Waals surface area contributed by atoms with Crippen LogP contribution in [-0.2, 0) is 4.79 Å². The van der Waals surface area contributed by atoms with Crippen LogP contribution in [0, 0.1) is 0 Å². The van der Waals surface area contributed by atoms with Crippen LogP contribution in [0.5, 0.6) is 0 Å². The van der Waals surface area contributed by atoms with Crippen molar-refractivity contribution in [2.24, 2.45) is 5.73 Å². The minimum atomic E-state index is -0.406. The van der Waals surface area contributed by atoms with Crippen molar-refractivity contribution in [2.75, 3.05) is 6.61 Å². The molecule has 0 radical (unpaired) electrons. The number of hydrogen-bond acceptors (Lipinski definition) is 3. The number of amides is 1. The van der Waals surface area contributed by atoms with Crippen LogP contribution in [0.15, 0.2) is 0 Å². The smallest absolute Gasteiger partial charge is 0.237 e. The van der Waals surface area contributed by atoms with Gasteiger partial charge in [0.25, 0.3) is 0 Å². The molecule has 0 rings (SSSR count). The quantitative estimate of drug-likeness (QED) is 0.549. The van der Waals surface area contributed by atoms with E-state index < -0.39 is 6.04 Å². The van der Waals surface area contributed by atoms with Gasteiger partial charge in [-0.1, -0.05) is 6.92 Å². The monoisotopic (exact) mass is 188 g/mol. The molecule has 4 heteroatoms. The Kier molecular flexibility index (Phi) is 6.54. The first-order chi connectivity index (χ1) is 6.11. The molecule has 78 valence electrons. The van der Waals surface area contributed by atoms with E-state index >= 15 is 0 Å². The number of aliphatic hydroxyl groups excluding tert-OH is 1. The van der Waals surface area contributed by atoms with Crippen LogP contribution in [0.25, 0.3) is 0 Å². The van der Waals surface area contributed by atoms with E-state index in [9.17, 15) is 4.79 Å². The zero-order valence-electron chi connectivity index (χ0n) is 8.42. The summed E-state index contributed by atoms with van der Waals surface area (Å²) in [5.74, 6) is -0.104. The first kappa shape index (κ1) is 12.4. The molecule has 0 aromatic carbocycles. The summed E-state index contributed by atoms with van der Waals surface area (Å²) >= 11 is 0. The fourth-order valence-corrected chi connectivity index (χ4v) is 1.00. The van der Waals surface area contributed by atoms with Crippen molar-refractivity contribution >= 4 is 5.91 Å². The average Bonchev–Trinajstić information content (AvgIpc) is 2.13. The largest absolute Gasteiger partial charge is 0.396 e. The highest BCUT2D eigenvalue weighted by molar-refractivity contribution is 5.81. The first-order valence-corrected chi connectivity index (χ1v) is 4.78. The van der Waals surface area contributed by atoms with E-state index in [1.807, 2.05) is 13.8 Å². The van der Waals surface area contributed by atoms with Crippen LogP contribution in [0.1, 0.15) is 33.1 Å². The van der Waals surface area contributed by atoms with Gasteiger partial charge in [-0.15, -0.1) is 0 Å². The molecule has 0 aliphatic heterocycles. The van der Waals surface area contributed by atoms with Gasteiger partial charge >= 0.3 is 0 Å². The molecule has 0 spiro atoms. The molecule has 0 saturated carbocycles. The Morgan fingerprint density at radius 2 is 2.23 bits per heavy atom. The molecule has 0 heterocycles. The molecule has 1 amide bonds. The number of carbonyl (C=O) groups is 1. The van der Waals surface area contributed by atoms with Gasteiger partial charge in [-0.2, -0.15) is 0 Å². The first-order valence-electron chi connectivity index (χ1n) is 4.78. The molecular formula is C9H20N2O2. The Labute approximate surface area is 79.5 Å². The average molecular weight is 188 g/mol. The molecular weight excluding hydrogens is 168 g/mol.